The van der Waals surface area contributed by atoms with Crippen molar-refractivity contribution in [3.63, 3.8) is 0 Å². The van der Waals surface area contributed by atoms with Crippen molar-refractivity contribution in [2.75, 3.05) is 0 Å². The fraction of sp³-hybridized carbons (Fsp3) is 0.0556. The van der Waals surface area contributed by atoms with Gasteiger partial charge in [0.2, 0.25) is 0 Å². The van der Waals surface area contributed by atoms with Crippen molar-refractivity contribution in [2.24, 2.45) is 0 Å². The molecule has 0 unspecified atom stereocenters. The summed E-state index contributed by atoms with van der Waals surface area (Å²) in [6.07, 6.45) is 2.19. The highest BCUT2D eigenvalue weighted by Gasteiger charge is 2.00. The molecule has 5 nitrogen and oxygen atoms in total. The third kappa shape index (κ3) is 4.93. The molecule has 1 aromatic heterocycles. The van der Waals surface area contributed by atoms with E-state index in [1.807, 2.05) is 48.5 Å². The van der Waals surface area contributed by atoms with Crippen LogP contribution in [0.1, 0.15) is 15.9 Å². The fourth-order valence-corrected chi connectivity index (χ4v) is 1.90. The number of rotatable bonds is 3. The minimum Gasteiger partial charge on any atom is -0.314 e. The number of aromatic amines is 1. The van der Waals surface area contributed by atoms with Crippen molar-refractivity contribution in [3.8, 4) is 0 Å². The largest absolute Gasteiger partial charge is 0.328 e. The molecule has 2 aromatic carbocycles. The highest BCUT2D eigenvalue weighted by atomic mass is 16.2. The summed E-state index contributed by atoms with van der Waals surface area (Å²) in [4.78, 5) is 35.2. The lowest BCUT2D eigenvalue weighted by Crippen LogP contribution is -2.34. The molecule has 0 aliphatic carbocycles. The van der Waals surface area contributed by atoms with Gasteiger partial charge in [0.25, 0.3) is 5.56 Å². The first-order valence-corrected chi connectivity index (χ1v) is 7.03. The van der Waals surface area contributed by atoms with Crippen LogP contribution in [0.2, 0.25) is 0 Å². The molecular formula is C18H16N2O3. The van der Waals surface area contributed by atoms with Crippen LogP contribution in [0.3, 0.4) is 0 Å². The smallest absolute Gasteiger partial charge is 0.314 e. The van der Waals surface area contributed by atoms with Gasteiger partial charge in [0.15, 0.2) is 0 Å². The van der Waals surface area contributed by atoms with Crippen molar-refractivity contribution in [3.05, 3.63) is 105 Å². The van der Waals surface area contributed by atoms with Crippen LogP contribution in [-0.2, 0) is 6.54 Å². The Balaban J connectivity index is 0.000000203. The van der Waals surface area contributed by atoms with Crippen LogP contribution in [0.4, 0.5) is 0 Å². The molecule has 116 valence electrons. The van der Waals surface area contributed by atoms with Crippen LogP contribution in [0.25, 0.3) is 0 Å². The van der Waals surface area contributed by atoms with Gasteiger partial charge in [-0.1, -0.05) is 60.7 Å². The standard InChI is InChI=1S/C11H10N2O2.C7H6O/c14-10-6-7-12-11(15)13(10)8-9-4-2-1-3-5-9;8-6-7-4-2-1-3-5-7/h1-7H,8H2,(H,12,15);1-6H. The van der Waals surface area contributed by atoms with Gasteiger partial charge in [0, 0.05) is 17.8 Å². The van der Waals surface area contributed by atoms with Crippen molar-refractivity contribution < 1.29 is 4.79 Å². The number of aldehydes is 1. The van der Waals surface area contributed by atoms with Gasteiger partial charge in [-0.25, -0.2) is 4.79 Å². The van der Waals surface area contributed by atoms with E-state index < -0.39 is 0 Å². The first-order chi connectivity index (χ1) is 11.2. The third-order valence-electron chi connectivity index (χ3n) is 3.06. The maximum absolute atomic E-state index is 11.4. The molecule has 0 bridgehead atoms. The molecule has 0 spiro atoms. The minimum atomic E-state index is -0.383. The van der Waals surface area contributed by atoms with Crippen molar-refractivity contribution in [2.45, 2.75) is 6.54 Å². The summed E-state index contributed by atoms with van der Waals surface area (Å²) in [5.41, 5.74) is 0.984. The number of nitrogens with one attached hydrogen (secondary N) is 1. The SMILES string of the molecule is O=Cc1ccccc1.O=c1cc[nH]c(=O)n1Cc1ccccc1. The van der Waals surface area contributed by atoms with Gasteiger partial charge in [0.05, 0.1) is 6.54 Å². The summed E-state index contributed by atoms with van der Waals surface area (Å²) < 4.78 is 1.16. The first-order valence-electron chi connectivity index (χ1n) is 7.03. The Morgan fingerprint density at radius 3 is 2.00 bits per heavy atom. The number of hydrogen-bond acceptors (Lipinski definition) is 3. The summed E-state index contributed by atoms with van der Waals surface area (Å²) >= 11 is 0. The zero-order chi connectivity index (χ0) is 16.5. The Kier molecular flexibility index (Phi) is 5.82. The van der Waals surface area contributed by atoms with Gasteiger partial charge < -0.3 is 4.98 Å². The molecule has 5 heteroatoms. The first kappa shape index (κ1) is 16.2. The Labute approximate surface area is 132 Å². The number of aromatic nitrogens is 2. The van der Waals surface area contributed by atoms with E-state index in [4.69, 9.17) is 0 Å². The average Bonchev–Trinajstić information content (AvgIpc) is 2.60. The Hall–Kier alpha value is -3.21. The summed E-state index contributed by atoms with van der Waals surface area (Å²) in [5, 5.41) is 0. The highest BCUT2D eigenvalue weighted by Crippen LogP contribution is 1.98. The predicted octanol–water partition coefficient (Wildman–Crippen LogP) is 2.08. The maximum atomic E-state index is 11.4. The van der Waals surface area contributed by atoms with Gasteiger partial charge in [-0.2, -0.15) is 0 Å². The summed E-state index contributed by atoms with van der Waals surface area (Å²) in [5.74, 6) is 0. The lowest BCUT2D eigenvalue weighted by Gasteiger charge is -2.02. The molecule has 0 atom stereocenters. The normalized spacial score (nSPS) is 9.57. The molecule has 0 aliphatic rings. The topological polar surface area (TPSA) is 71.9 Å². The molecular weight excluding hydrogens is 292 g/mol. The van der Waals surface area contributed by atoms with Crippen LogP contribution in [-0.4, -0.2) is 15.8 Å². The second-order valence-electron chi connectivity index (χ2n) is 4.72. The quantitative estimate of drug-likeness (QED) is 0.753. The van der Waals surface area contributed by atoms with Crippen LogP contribution >= 0.6 is 0 Å². The maximum Gasteiger partial charge on any atom is 0.328 e. The number of hydrogen-bond donors (Lipinski definition) is 1. The Morgan fingerprint density at radius 1 is 0.870 bits per heavy atom. The fourth-order valence-electron chi connectivity index (χ4n) is 1.90. The molecule has 0 amide bonds. The van der Waals surface area contributed by atoms with Gasteiger partial charge in [0.1, 0.15) is 6.29 Å². The van der Waals surface area contributed by atoms with E-state index in [0.717, 1.165) is 22.0 Å². The summed E-state index contributed by atoms with van der Waals surface area (Å²) in [6, 6.07) is 19.8. The van der Waals surface area contributed by atoms with E-state index in [2.05, 4.69) is 4.98 Å². The van der Waals surface area contributed by atoms with Gasteiger partial charge in [-0.15, -0.1) is 0 Å². The van der Waals surface area contributed by atoms with Crippen LogP contribution < -0.4 is 11.2 Å². The van der Waals surface area contributed by atoms with E-state index >= 15 is 0 Å². The molecule has 3 aromatic rings. The van der Waals surface area contributed by atoms with Crippen molar-refractivity contribution in [1.82, 2.24) is 9.55 Å². The van der Waals surface area contributed by atoms with E-state index in [1.54, 1.807) is 12.1 Å². The summed E-state index contributed by atoms with van der Waals surface area (Å²) in [7, 11) is 0. The van der Waals surface area contributed by atoms with Gasteiger partial charge in [-0.05, 0) is 5.56 Å². The Morgan fingerprint density at radius 2 is 1.48 bits per heavy atom. The van der Waals surface area contributed by atoms with Gasteiger partial charge >= 0.3 is 5.69 Å². The zero-order valence-electron chi connectivity index (χ0n) is 12.4. The van der Waals surface area contributed by atoms with Gasteiger partial charge in [-0.3, -0.25) is 14.2 Å². The number of carbonyl (C=O) groups excluding carboxylic acids is 1. The van der Waals surface area contributed by atoms with Crippen LogP contribution in [0.5, 0.6) is 0 Å². The number of H-pyrrole nitrogens is 1. The molecule has 0 fully saturated rings. The number of benzene rings is 2. The van der Waals surface area contributed by atoms with E-state index in [0.29, 0.717) is 6.54 Å². The lowest BCUT2D eigenvalue weighted by molar-refractivity contribution is 0.112. The van der Waals surface area contributed by atoms with E-state index in [9.17, 15) is 14.4 Å². The lowest BCUT2D eigenvalue weighted by atomic mass is 10.2. The molecule has 1 heterocycles. The molecule has 23 heavy (non-hydrogen) atoms. The van der Waals surface area contributed by atoms with E-state index in [1.165, 1.54) is 12.3 Å². The van der Waals surface area contributed by atoms with Crippen LogP contribution in [0, 0.1) is 0 Å². The molecule has 3 rings (SSSR count). The van der Waals surface area contributed by atoms with Crippen molar-refractivity contribution in [1.29, 1.82) is 0 Å². The number of carbonyl (C=O) groups is 1. The van der Waals surface area contributed by atoms with Crippen molar-refractivity contribution >= 4 is 6.29 Å². The Bertz CT molecular complexity index is 824. The second-order valence-corrected chi connectivity index (χ2v) is 4.72. The second kappa shape index (κ2) is 8.29. The van der Waals surface area contributed by atoms with E-state index in [-0.39, 0.29) is 11.2 Å². The average molecular weight is 308 g/mol. The molecule has 0 saturated carbocycles. The number of nitrogens with zero attached hydrogens (tertiary/aromatic N) is 1. The molecule has 0 aliphatic heterocycles. The monoisotopic (exact) mass is 308 g/mol. The van der Waals surface area contributed by atoms with Crippen LogP contribution in [0.15, 0.2) is 82.5 Å². The highest BCUT2D eigenvalue weighted by molar-refractivity contribution is 5.74. The zero-order valence-corrected chi connectivity index (χ0v) is 12.4. The summed E-state index contributed by atoms with van der Waals surface area (Å²) in [6.45, 7) is 0.301. The predicted molar refractivity (Wildman–Crippen MR) is 88.7 cm³/mol. The third-order valence-corrected chi connectivity index (χ3v) is 3.06. The molecule has 0 saturated heterocycles. The molecule has 0 radical (unpaired) electrons. The minimum absolute atomic E-state index is 0.289. The molecule has 1 N–H and O–H groups in total.